The molecule has 5 aromatic rings. The van der Waals surface area contributed by atoms with Gasteiger partial charge in [0.1, 0.15) is 0 Å². The molecule has 0 bridgehead atoms. The number of hydrogen-bond donors (Lipinski definition) is 2. The molecule has 0 saturated carbocycles. The van der Waals surface area contributed by atoms with Gasteiger partial charge in [0.05, 0.1) is 5.69 Å². The van der Waals surface area contributed by atoms with Crippen LogP contribution >= 0.6 is 0 Å². The van der Waals surface area contributed by atoms with E-state index in [4.69, 9.17) is 0 Å². The predicted octanol–water partition coefficient (Wildman–Crippen LogP) is 4.77. The van der Waals surface area contributed by atoms with Gasteiger partial charge < -0.3 is 15.8 Å². The zero-order valence-electron chi connectivity index (χ0n) is 24.6. The minimum absolute atomic E-state index is 0. The number of H-pyrrole nitrogens is 1. The smallest absolute Gasteiger partial charge is 0.870 e. The van der Waals surface area contributed by atoms with Gasteiger partial charge in [0, 0.05) is 40.2 Å². The second-order valence-electron chi connectivity index (χ2n) is 9.34. The number of aromatic nitrogens is 1. The molecule has 0 spiro atoms. The largest absolute Gasteiger partial charge is 1.00 e. The number of pyridine rings is 1. The van der Waals surface area contributed by atoms with Crippen molar-refractivity contribution in [2.75, 3.05) is 5.32 Å². The third-order valence-corrected chi connectivity index (χ3v) is 6.46. The Morgan fingerprint density at radius 1 is 0.744 bits per heavy atom. The third kappa shape index (κ3) is 9.87. The number of ketones is 1. The molecule has 0 aliphatic heterocycles. The van der Waals surface area contributed by atoms with E-state index in [0.29, 0.717) is 17.7 Å². The number of anilines is 1. The summed E-state index contributed by atoms with van der Waals surface area (Å²) in [5, 5.41) is 3.49. The van der Waals surface area contributed by atoms with Crippen LogP contribution in [0.1, 0.15) is 46.1 Å². The number of rotatable bonds is 7. The van der Waals surface area contributed by atoms with E-state index in [-0.39, 0.29) is 52.2 Å². The van der Waals surface area contributed by atoms with Crippen molar-refractivity contribution in [3.63, 3.8) is 0 Å². The summed E-state index contributed by atoms with van der Waals surface area (Å²) in [6, 6.07) is 34.2. The van der Waals surface area contributed by atoms with Crippen LogP contribution in [0.5, 0.6) is 0 Å². The summed E-state index contributed by atoms with van der Waals surface area (Å²) in [4.78, 5) is 39.4. The summed E-state index contributed by atoms with van der Waals surface area (Å²) in [6.45, 7) is 3.66. The average molecular weight is 581 g/mol. The van der Waals surface area contributed by atoms with Crippen LogP contribution in [0.3, 0.4) is 0 Å². The number of nitrogens with one attached hydrogen (secondary N) is 2. The fraction of sp³-hybridized carbons (Fsp3) is 0.0833. The van der Waals surface area contributed by atoms with Gasteiger partial charge in [-0.3, -0.25) is 14.4 Å². The van der Waals surface area contributed by atoms with Crippen LogP contribution < -0.4 is 40.3 Å². The molecule has 6 nitrogen and oxygen atoms in total. The van der Waals surface area contributed by atoms with Crippen molar-refractivity contribution in [1.82, 2.24) is 4.98 Å². The Kier molecular flexibility index (Phi) is 14.3. The maximum Gasteiger partial charge on any atom is 1.00 e. The standard InChI is InChI=1S/C18H17NO2.C18H15NO.Na.H2O/c1-2-17(20)15-10-6-7-11-16(15)19-18(21)13-12-14-8-4-3-5-9-14;1-13-16(12-11-14-7-3-2-4-8-14)19-17-10-6-5-9-15(17)18(13)20;;/h3-13H,2H2,1H3,(H,19,21);2-12H,1H3,(H,19,20);;1H2/q;;+1;/p-1/b13-12+;12-11+;;. The molecule has 5 rings (SSSR count). The van der Waals surface area contributed by atoms with E-state index in [1.807, 2.05) is 104 Å². The molecule has 3 N–H and O–H groups in total. The van der Waals surface area contributed by atoms with Gasteiger partial charge in [0.15, 0.2) is 11.2 Å². The molecule has 1 amide bonds. The summed E-state index contributed by atoms with van der Waals surface area (Å²) in [7, 11) is 0. The van der Waals surface area contributed by atoms with E-state index >= 15 is 0 Å². The molecular formula is C36H33N2NaO4. The first-order valence-electron chi connectivity index (χ1n) is 13.5. The molecule has 1 heterocycles. The molecule has 1 aromatic heterocycles. The third-order valence-electron chi connectivity index (χ3n) is 6.46. The van der Waals surface area contributed by atoms with E-state index in [0.717, 1.165) is 33.3 Å². The molecule has 0 saturated heterocycles. The Bertz CT molecular complexity index is 1760. The predicted molar refractivity (Wildman–Crippen MR) is 172 cm³/mol. The van der Waals surface area contributed by atoms with Gasteiger partial charge in [0.2, 0.25) is 5.91 Å². The molecule has 4 aromatic carbocycles. The molecule has 0 fully saturated rings. The molecule has 0 radical (unpaired) electrons. The van der Waals surface area contributed by atoms with Crippen molar-refractivity contribution in [1.29, 1.82) is 0 Å². The molecule has 212 valence electrons. The maximum atomic E-state index is 12.3. The summed E-state index contributed by atoms with van der Waals surface area (Å²) in [6.07, 6.45) is 7.57. The maximum absolute atomic E-state index is 12.3. The normalized spacial score (nSPS) is 10.4. The first-order valence-corrected chi connectivity index (χ1v) is 13.5. The van der Waals surface area contributed by atoms with E-state index in [2.05, 4.69) is 10.3 Å². The van der Waals surface area contributed by atoms with Crippen molar-refractivity contribution < 1.29 is 44.6 Å². The number of carbonyl (C=O) groups is 2. The molecule has 0 unspecified atom stereocenters. The number of para-hydroxylation sites is 2. The monoisotopic (exact) mass is 580 g/mol. The number of fused-ring (bicyclic) bond motifs is 1. The minimum Gasteiger partial charge on any atom is -0.870 e. The van der Waals surface area contributed by atoms with Gasteiger partial charge in [-0.25, -0.2) is 0 Å². The Morgan fingerprint density at radius 2 is 1.30 bits per heavy atom. The molecule has 0 aliphatic carbocycles. The Balaban J connectivity index is 0.000000287. The number of carbonyl (C=O) groups excluding carboxylic acids is 2. The van der Waals surface area contributed by atoms with E-state index < -0.39 is 0 Å². The number of Topliss-reactive ketones (excluding diaryl/α,β-unsaturated/α-hetero) is 1. The van der Waals surface area contributed by atoms with Gasteiger partial charge >= 0.3 is 29.6 Å². The molecule has 43 heavy (non-hydrogen) atoms. The minimum atomic E-state index is -0.254. The zero-order chi connectivity index (χ0) is 29.0. The Morgan fingerprint density at radius 3 is 1.95 bits per heavy atom. The van der Waals surface area contributed by atoms with E-state index in [1.165, 1.54) is 6.08 Å². The number of benzene rings is 4. The van der Waals surface area contributed by atoms with Gasteiger partial charge in [0.25, 0.3) is 0 Å². The van der Waals surface area contributed by atoms with Crippen molar-refractivity contribution in [3.8, 4) is 0 Å². The summed E-state index contributed by atoms with van der Waals surface area (Å²) >= 11 is 0. The van der Waals surface area contributed by atoms with Crippen LogP contribution in [0.15, 0.2) is 120 Å². The SMILES string of the molecule is CCC(=O)c1ccccc1NC(=O)/C=C/c1ccccc1.Cc1c(/C=C/c2ccccc2)[nH]c2ccccc2c1=O.[Na+].[OH-]. The summed E-state index contributed by atoms with van der Waals surface area (Å²) < 4.78 is 0. The van der Waals surface area contributed by atoms with E-state index in [9.17, 15) is 14.4 Å². The quantitative estimate of drug-likeness (QED) is 0.164. The summed E-state index contributed by atoms with van der Waals surface area (Å²) in [5.41, 5.74) is 5.72. The Labute approximate surface area is 273 Å². The van der Waals surface area contributed by atoms with Crippen molar-refractivity contribution >= 4 is 46.5 Å². The van der Waals surface area contributed by atoms with Gasteiger partial charge in [-0.1, -0.05) is 97.9 Å². The number of amides is 1. The van der Waals surface area contributed by atoms with Crippen LogP contribution in [0.4, 0.5) is 5.69 Å². The van der Waals surface area contributed by atoms with Crippen LogP contribution in [0, 0.1) is 6.92 Å². The molecule has 0 aliphatic rings. The first-order chi connectivity index (χ1) is 20.0. The summed E-state index contributed by atoms with van der Waals surface area (Å²) in [5.74, 6) is -0.242. The molecule has 7 heteroatoms. The van der Waals surface area contributed by atoms with Gasteiger partial charge in [-0.2, -0.15) is 0 Å². The second kappa shape index (κ2) is 17.6. The zero-order valence-corrected chi connectivity index (χ0v) is 26.6. The topological polar surface area (TPSA) is 109 Å². The molecule has 0 atom stereocenters. The molecular weight excluding hydrogens is 547 g/mol. The fourth-order valence-corrected chi connectivity index (χ4v) is 4.20. The van der Waals surface area contributed by atoms with Crippen molar-refractivity contribution in [2.45, 2.75) is 20.3 Å². The van der Waals surface area contributed by atoms with Crippen LogP contribution in [-0.2, 0) is 4.79 Å². The second-order valence-corrected chi connectivity index (χ2v) is 9.34. The number of hydrogen-bond acceptors (Lipinski definition) is 4. The van der Waals surface area contributed by atoms with Crippen molar-refractivity contribution in [3.05, 3.63) is 153 Å². The van der Waals surface area contributed by atoms with Gasteiger partial charge in [-0.15, -0.1) is 0 Å². The van der Waals surface area contributed by atoms with E-state index in [1.54, 1.807) is 37.3 Å². The van der Waals surface area contributed by atoms with Crippen LogP contribution in [0.25, 0.3) is 29.1 Å². The fourth-order valence-electron chi connectivity index (χ4n) is 4.20. The van der Waals surface area contributed by atoms with Crippen molar-refractivity contribution in [2.24, 2.45) is 0 Å². The number of aromatic amines is 1. The van der Waals surface area contributed by atoms with Crippen LogP contribution in [0.2, 0.25) is 0 Å². The first kappa shape index (κ1) is 34.9. The van der Waals surface area contributed by atoms with Gasteiger partial charge in [-0.05, 0) is 54.5 Å². The average Bonchev–Trinajstić information content (AvgIpc) is 3.02. The Hall–Kier alpha value is -4.33. The van der Waals surface area contributed by atoms with Crippen LogP contribution in [-0.4, -0.2) is 22.2 Å².